The van der Waals surface area contributed by atoms with Crippen molar-refractivity contribution in [3.8, 4) is 22.3 Å². The van der Waals surface area contributed by atoms with Gasteiger partial charge in [0.25, 0.3) is 0 Å². The van der Waals surface area contributed by atoms with Crippen molar-refractivity contribution in [3.63, 3.8) is 0 Å². The van der Waals surface area contributed by atoms with E-state index in [2.05, 4.69) is 182 Å². The molecule has 0 nitrogen and oxygen atoms in total. The average Bonchev–Trinajstić information content (AvgIpc) is 3.70. The van der Waals surface area contributed by atoms with Crippen molar-refractivity contribution in [2.24, 2.45) is 0 Å². The summed E-state index contributed by atoms with van der Waals surface area (Å²) in [5.74, 6) is 0. The first-order valence-electron chi connectivity index (χ1n) is 23.2. The third-order valence-corrected chi connectivity index (χ3v) is 29.6. The largest absolute Gasteiger partial charge is 1.00 e. The Bertz CT molecular complexity index is 2020. The molecule has 4 aromatic rings. The fourth-order valence-electron chi connectivity index (χ4n) is 10.6. The summed E-state index contributed by atoms with van der Waals surface area (Å²) in [4.78, 5) is 0. The number of rotatable bonds is 10. The molecule has 0 bridgehead atoms. The van der Waals surface area contributed by atoms with Gasteiger partial charge in [-0.1, -0.05) is 0 Å². The Labute approximate surface area is 384 Å². The van der Waals surface area contributed by atoms with Crippen LogP contribution in [-0.4, -0.2) is 0 Å². The number of halogens is 2. The molecular formula is C57H76Cl2Zr. The molecule has 0 radical (unpaired) electrons. The van der Waals surface area contributed by atoms with Crippen LogP contribution in [0.2, 0.25) is 8.26 Å². The Morgan fingerprint density at radius 3 is 1.08 bits per heavy atom. The Kier molecular flexibility index (Phi) is 14.8. The summed E-state index contributed by atoms with van der Waals surface area (Å²) in [5.41, 5.74) is 21.9. The molecule has 3 heteroatoms. The Hall–Kier alpha value is -2.18. The maximum atomic E-state index is 2.75. The number of allylic oxidation sites excluding steroid dienone is 2. The van der Waals surface area contributed by atoms with Gasteiger partial charge in [0.15, 0.2) is 0 Å². The molecule has 1 aliphatic heterocycles. The maximum absolute atomic E-state index is 3.05. The monoisotopic (exact) mass is 920 g/mol. The van der Waals surface area contributed by atoms with Crippen molar-refractivity contribution in [1.82, 2.24) is 0 Å². The molecule has 4 aromatic carbocycles. The number of benzene rings is 4. The molecule has 2 unspecified atom stereocenters. The van der Waals surface area contributed by atoms with Crippen LogP contribution in [0, 0.1) is 0 Å². The van der Waals surface area contributed by atoms with E-state index in [9.17, 15) is 0 Å². The third-order valence-electron chi connectivity index (χ3n) is 14.3. The number of hydrogen-bond donors (Lipinski definition) is 0. The van der Waals surface area contributed by atoms with Crippen molar-refractivity contribution < 1.29 is 45.1 Å². The van der Waals surface area contributed by atoms with Crippen LogP contribution >= 0.6 is 0 Å². The molecule has 322 valence electrons. The Morgan fingerprint density at radius 2 is 0.817 bits per heavy atom. The van der Waals surface area contributed by atoms with Gasteiger partial charge in [-0.15, -0.1) is 0 Å². The molecule has 0 saturated carbocycles. The molecule has 1 heterocycles. The van der Waals surface area contributed by atoms with Crippen molar-refractivity contribution >= 4 is 12.2 Å². The maximum Gasteiger partial charge on any atom is -1.00 e. The number of hydrogen-bond acceptors (Lipinski definition) is 0. The van der Waals surface area contributed by atoms with Crippen molar-refractivity contribution in [1.29, 1.82) is 0 Å². The van der Waals surface area contributed by atoms with Gasteiger partial charge in [0.1, 0.15) is 0 Å². The van der Waals surface area contributed by atoms with E-state index in [0.717, 1.165) is 0 Å². The second kappa shape index (κ2) is 18.1. The summed E-state index contributed by atoms with van der Waals surface area (Å²) in [6, 6.07) is 30.0. The van der Waals surface area contributed by atoms with Crippen LogP contribution in [0.4, 0.5) is 0 Å². The molecule has 2 aliphatic carbocycles. The van der Waals surface area contributed by atoms with Crippen LogP contribution < -0.4 is 24.8 Å². The zero-order valence-corrected chi connectivity index (χ0v) is 43.8. The van der Waals surface area contributed by atoms with Crippen LogP contribution in [0.15, 0.2) is 83.9 Å². The van der Waals surface area contributed by atoms with Crippen molar-refractivity contribution in [3.05, 3.63) is 128 Å². The van der Waals surface area contributed by atoms with Crippen molar-refractivity contribution in [2.75, 3.05) is 0 Å². The molecule has 0 N–H and O–H groups in total. The van der Waals surface area contributed by atoms with Crippen LogP contribution in [0.1, 0.15) is 194 Å². The predicted octanol–water partition coefficient (Wildman–Crippen LogP) is 11.6. The van der Waals surface area contributed by atoms with Crippen LogP contribution in [0.25, 0.3) is 34.4 Å². The molecule has 7 rings (SSSR count). The molecule has 2 atom stereocenters. The summed E-state index contributed by atoms with van der Waals surface area (Å²) in [6.07, 6.45) is 14.5. The topological polar surface area (TPSA) is 0 Å². The minimum Gasteiger partial charge on any atom is -1.00 e. The first-order chi connectivity index (χ1) is 27.2. The summed E-state index contributed by atoms with van der Waals surface area (Å²) in [7, 11) is 0. The second-order valence-corrected chi connectivity index (χ2v) is 34.2. The molecule has 0 spiro atoms. The van der Waals surface area contributed by atoms with Gasteiger partial charge < -0.3 is 24.8 Å². The normalized spacial score (nSPS) is 17.9. The van der Waals surface area contributed by atoms with E-state index in [1.54, 1.807) is 33.4 Å². The molecule has 3 aliphatic rings. The quantitative estimate of drug-likeness (QED) is 0.149. The standard InChI is InChI=1S/2C27H35.C3H6.2ClH.Zr/c2*1-8-9-11-19-14-20-12-10-13-24(25(20)15-19)21-16-22(26(2,3)4)18-23(17-21)27(5,6)7;1-3-2;;;/h2*10,12-18H,8-9,11H2,1-7H3;1-3H2;2*1H;/q;;;;;+2/p-2. The minimum absolute atomic E-state index is 0. The fourth-order valence-corrected chi connectivity index (χ4v) is 26.2. The summed E-state index contributed by atoms with van der Waals surface area (Å²) < 4.78 is 4.31. The zero-order valence-electron chi connectivity index (χ0n) is 39.9. The van der Waals surface area contributed by atoms with Crippen LogP contribution in [0.5, 0.6) is 0 Å². The number of unbranched alkanes of at least 4 members (excludes halogenated alkanes) is 2. The van der Waals surface area contributed by atoms with Gasteiger partial charge >= 0.3 is 362 Å². The van der Waals surface area contributed by atoms with E-state index in [1.165, 1.54) is 97.7 Å². The van der Waals surface area contributed by atoms with Gasteiger partial charge in [0.2, 0.25) is 0 Å². The molecule has 60 heavy (non-hydrogen) atoms. The summed E-state index contributed by atoms with van der Waals surface area (Å²) in [5, 5.41) is 0. The molecule has 0 aromatic heterocycles. The SMILES string of the molecule is CCCCC1=Cc2c(-c3cc(C(C)(C)C)cc(C(C)(C)C)c3)cccc2[CH]1[Zr+2]1([CH]2C(CCCC)=Cc3c(-c4cc(C(C)(C)C)cc(C(C)(C)C)c4)cccc32)[CH2]C[CH2]1.[Cl-].[Cl-]. The van der Waals surface area contributed by atoms with E-state index in [1.807, 2.05) is 0 Å². The van der Waals surface area contributed by atoms with Gasteiger partial charge in [-0.05, 0) is 0 Å². The second-order valence-electron chi connectivity index (χ2n) is 22.8. The molecule has 0 amide bonds. The Balaban J connectivity index is 0.00000341. The average molecular weight is 923 g/mol. The van der Waals surface area contributed by atoms with Crippen LogP contribution in [0.3, 0.4) is 0 Å². The van der Waals surface area contributed by atoms with E-state index in [-0.39, 0.29) is 46.5 Å². The van der Waals surface area contributed by atoms with Gasteiger partial charge in [-0.3, -0.25) is 0 Å². The third kappa shape index (κ3) is 9.37. The molecule has 1 saturated heterocycles. The minimum atomic E-state index is -3.05. The van der Waals surface area contributed by atoms with Crippen LogP contribution in [-0.2, 0) is 41.9 Å². The fraction of sp³-hybridized carbons (Fsp3) is 0.509. The van der Waals surface area contributed by atoms with Gasteiger partial charge in [-0.25, -0.2) is 0 Å². The van der Waals surface area contributed by atoms with E-state index >= 15 is 0 Å². The first-order valence-corrected chi connectivity index (χ1v) is 29.5. The van der Waals surface area contributed by atoms with Gasteiger partial charge in [0.05, 0.1) is 0 Å². The van der Waals surface area contributed by atoms with Crippen molar-refractivity contribution in [2.45, 2.75) is 179 Å². The zero-order chi connectivity index (χ0) is 42.0. The Morgan fingerprint density at radius 1 is 0.483 bits per heavy atom. The van der Waals surface area contributed by atoms with Gasteiger partial charge in [-0.2, -0.15) is 0 Å². The molecular weight excluding hydrogens is 847 g/mol. The summed E-state index contributed by atoms with van der Waals surface area (Å²) >= 11 is -3.05. The smallest absolute Gasteiger partial charge is 1.00 e. The van der Waals surface area contributed by atoms with E-state index in [4.69, 9.17) is 0 Å². The summed E-state index contributed by atoms with van der Waals surface area (Å²) in [6.45, 7) is 33.3. The molecule has 1 fully saturated rings. The van der Waals surface area contributed by atoms with E-state index in [0.29, 0.717) is 7.25 Å². The number of fused-ring (bicyclic) bond motifs is 2. The predicted molar refractivity (Wildman–Crippen MR) is 253 cm³/mol. The van der Waals surface area contributed by atoms with E-state index < -0.39 is 20.3 Å². The first kappa shape index (κ1) is 48.8. The van der Waals surface area contributed by atoms with Gasteiger partial charge in [0, 0.05) is 0 Å².